The lowest BCUT2D eigenvalue weighted by Gasteiger charge is -2.13. The molecule has 0 fully saturated rings. The number of anilines is 1. The molecule has 0 amide bonds. The van der Waals surface area contributed by atoms with Crippen LogP contribution >= 0.6 is 0 Å². The summed E-state index contributed by atoms with van der Waals surface area (Å²) in [6.07, 6.45) is -4.65. The van der Waals surface area contributed by atoms with E-state index in [9.17, 15) is 23.3 Å². The van der Waals surface area contributed by atoms with Crippen molar-refractivity contribution in [3.8, 4) is 0 Å². The van der Waals surface area contributed by atoms with Crippen molar-refractivity contribution < 1.29 is 18.1 Å². The van der Waals surface area contributed by atoms with Gasteiger partial charge in [0.15, 0.2) is 5.82 Å². The van der Waals surface area contributed by atoms with E-state index in [1.807, 2.05) is 0 Å². The monoisotopic (exact) mass is 302 g/mol. The van der Waals surface area contributed by atoms with E-state index in [0.717, 1.165) is 12.1 Å². The second-order valence-electron chi connectivity index (χ2n) is 4.12. The van der Waals surface area contributed by atoms with Crippen molar-refractivity contribution in [1.29, 1.82) is 0 Å². The van der Waals surface area contributed by atoms with Crippen LogP contribution in [0.5, 0.6) is 0 Å². The molecule has 0 spiro atoms. The van der Waals surface area contributed by atoms with Crippen molar-refractivity contribution >= 4 is 11.4 Å². The molecule has 0 aliphatic heterocycles. The number of nitro benzene ring substituents is 1. The zero-order valence-electron chi connectivity index (χ0n) is 10.5. The minimum atomic E-state index is -4.65. The number of rotatable bonds is 4. The number of aromatic nitrogens is 4. The predicted molar refractivity (Wildman–Crippen MR) is 64.3 cm³/mol. The molecule has 1 unspecified atom stereocenters. The Hall–Kier alpha value is -2.72. The fourth-order valence-electron chi connectivity index (χ4n) is 1.63. The number of nitro groups is 1. The summed E-state index contributed by atoms with van der Waals surface area (Å²) >= 11 is 0. The van der Waals surface area contributed by atoms with Crippen LogP contribution in [0.1, 0.15) is 24.4 Å². The van der Waals surface area contributed by atoms with Crippen molar-refractivity contribution in [3.05, 3.63) is 39.7 Å². The van der Waals surface area contributed by atoms with Gasteiger partial charge in [0.2, 0.25) is 0 Å². The number of aromatic amines is 1. The number of halogens is 3. The summed E-state index contributed by atoms with van der Waals surface area (Å²) in [4.78, 5) is 10.0. The third-order valence-corrected chi connectivity index (χ3v) is 2.64. The highest BCUT2D eigenvalue weighted by Crippen LogP contribution is 2.35. The Morgan fingerprint density at radius 2 is 2.14 bits per heavy atom. The standard InChI is InChI=1S/C10H9F3N6O2/c1-5(9-15-17-18-16-9)14-7-3-2-6(10(11,12)13)4-8(7)19(20)21/h2-5,14H,1H3,(H,15,16,17,18). The van der Waals surface area contributed by atoms with Crippen LogP contribution in [0, 0.1) is 10.1 Å². The largest absolute Gasteiger partial charge is 0.416 e. The number of alkyl halides is 3. The number of hydrogen-bond acceptors (Lipinski definition) is 6. The fourth-order valence-corrected chi connectivity index (χ4v) is 1.63. The van der Waals surface area contributed by atoms with E-state index in [1.165, 1.54) is 0 Å². The molecule has 1 aromatic heterocycles. The molecule has 0 saturated carbocycles. The Labute approximate surface area is 115 Å². The molecule has 21 heavy (non-hydrogen) atoms. The van der Waals surface area contributed by atoms with Crippen molar-refractivity contribution in [3.63, 3.8) is 0 Å². The minimum absolute atomic E-state index is 0.0645. The van der Waals surface area contributed by atoms with Gasteiger partial charge in [-0.2, -0.15) is 18.4 Å². The van der Waals surface area contributed by atoms with Crippen LogP contribution in [-0.4, -0.2) is 25.5 Å². The van der Waals surface area contributed by atoms with Gasteiger partial charge in [-0.3, -0.25) is 10.1 Å². The van der Waals surface area contributed by atoms with Crippen LogP contribution in [0.2, 0.25) is 0 Å². The quantitative estimate of drug-likeness (QED) is 0.662. The van der Waals surface area contributed by atoms with Gasteiger partial charge in [-0.25, -0.2) is 0 Å². The van der Waals surface area contributed by atoms with Gasteiger partial charge in [0, 0.05) is 6.07 Å². The molecule has 0 bridgehead atoms. The van der Waals surface area contributed by atoms with E-state index in [0.29, 0.717) is 6.07 Å². The Morgan fingerprint density at radius 1 is 1.43 bits per heavy atom. The highest BCUT2D eigenvalue weighted by Gasteiger charge is 2.33. The summed E-state index contributed by atoms with van der Waals surface area (Å²) in [5.74, 6) is 0.226. The van der Waals surface area contributed by atoms with E-state index in [2.05, 4.69) is 25.9 Å². The maximum absolute atomic E-state index is 12.6. The summed E-state index contributed by atoms with van der Waals surface area (Å²) in [7, 11) is 0. The van der Waals surface area contributed by atoms with Gasteiger partial charge < -0.3 is 5.32 Å². The molecule has 1 heterocycles. The smallest absolute Gasteiger partial charge is 0.370 e. The summed E-state index contributed by atoms with van der Waals surface area (Å²) in [5.41, 5.74) is -1.84. The summed E-state index contributed by atoms with van der Waals surface area (Å²) < 4.78 is 37.7. The van der Waals surface area contributed by atoms with E-state index < -0.39 is 28.4 Å². The van der Waals surface area contributed by atoms with E-state index in [-0.39, 0.29) is 11.5 Å². The van der Waals surface area contributed by atoms with Crippen LogP contribution in [0.15, 0.2) is 18.2 Å². The molecule has 112 valence electrons. The summed E-state index contributed by atoms with van der Waals surface area (Å²) in [5, 5.41) is 26.5. The first-order valence-electron chi connectivity index (χ1n) is 5.64. The molecule has 8 nitrogen and oxygen atoms in total. The molecule has 0 saturated heterocycles. The van der Waals surface area contributed by atoms with E-state index >= 15 is 0 Å². The number of tetrazole rings is 1. The van der Waals surface area contributed by atoms with Gasteiger partial charge in [-0.1, -0.05) is 5.21 Å². The van der Waals surface area contributed by atoms with Crippen LogP contribution in [0.25, 0.3) is 0 Å². The molecule has 0 aliphatic rings. The van der Waals surface area contributed by atoms with Gasteiger partial charge in [0.1, 0.15) is 5.69 Å². The molecule has 1 atom stereocenters. The van der Waals surface area contributed by atoms with Crippen LogP contribution in [0.3, 0.4) is 0 Å². The first kappa shape index (κ1) is 14.7. The first-order chi connectivity index (χ1) is 9.79. The molecule has 0 aliphatic carbocycles. The topological polar surface area (TPSA) is 110 Å². The highest BCUT2D eigenvalue weighted by molar-refractivity contribution is 5.63. The van der Waals surface area contributed by atoms with Crippen molar-refractivity contribution in [2.24, 2.45) is 0 Å². The zero-order valence-corrected chi connectivity index (χ0v) is 10.5. The highest BCUT2D eigenvalue weighted by atomic mass is 19.4. The Balaban J connectivity index is 2.33. The normalized spacial score (nSPS) is 13.0. The average molecular weight is 302 g/mol. The molecule has 2 aromatic rings. The number of benzene rings is 1. The molecule has 2 rings (SSSR count). The average Bonchev–Trinajstić information content (AvgIpc) is 2.91. The number of nitrogens with zero attached hydrogens (tertiary/aromatic N) is 4. The maximum Gasteiger partial charge on any atom is 0.416 e. The van der Waals surface area contributed by atoms with E-state index in [4.69, 9.17) is 0 Å². The van der Waals surface area contributed by atoms with E-state index in [1.54, 1.807) is 6.92 Å². The Kier molecular flexibility index (Phi) is 3.74. The molecular formula is C10H9F3N6O2. The number of hydrogen-bond donors (Lipinski definition) is 2. The zero-order chi connectivity index (χ0) is 15.6. The minimum Gasteiger partial charge on any atom is -0.370 e. The van der Waals surface area contributed by atoms with Crippen LogP contribution < -0.4 is 5.32 Å². The fraction of sp³-hybridized carbons (Fsp3) is 0.300. The Morgan fingerprint density at radius 3 is 2.67 bits per heavy atom. The first-order valence-corrected chi connectivity index (χ1v) is 5.64. The molecule has 11 heteroatoms. The number of nitrogens with one attached hydrogen (secondary N) is 2. The van der Waals surface area contributed by atoms with Gasteiger partial charge in [0.05, 0.1) is 16.5 Å². The van der Waals surface area contributed by atoms with Gasteiger partial charge in [-0.05, 0) is 19.1 Å². The lowest BCUT2D eigenvalue weighted by molar-refractivity contribution is -0.384. The Bertz CT molecular complexity index is 643. The second-order valence-corrected chi connectivity index (χ2v) is 4.12. The molecule has 1 aromatic carbocycles. The molecule has 2 N–H and O–H groups in total. The predicted octanol–water partition coefficient (Wildman–Crippen LogP) is 2.30. The maximum atomic E-state index is 12.6. The van der Waals surface area contributed by atoms with Crippen molar-refractivity contribution in [2.75, 3.05) is 5.32 Å². The lowest BCUT2D eigenvalue weighted by Crippen LogP contribution is -2.11. The number of H-pyrrole nitrogens is 1. The third kappa shape index (κ3) is 3.24. The molecule has 0 radical (unpaired) electrons. The van der Waals surface area contributed by atoms with Gasteiger partial charge in [-0.15, -0.1) is 10.2 Å². The second kappa shape index (κ2) is 5.34. The third-order valence-electron chi connectivity index (χ3n) is 2.64. The van der Waals surface area contributed by atoms with Gasteiger partial charge >= 0.3 is 6.18 Å². The molecular weight excluding hydrogens is 293 g/mol. The summed E-state index contributed by atoms with van der Waals surface area (Å²) in [6.45, 7) is 1.59. The van der Waals surface area contributed by atoms with Crippen LogP contribution in [0.4, 0.5) is 24.5 Å². The van der Waals surface area contributed by atoms with Crippen molar-refractivity contribution in [1.82, 2.24) is 20.6 Å². The summed E-state index contributed by atoms with van der Waals surface area (Å²) in [6, 6.07) is 1.67. The van der Waals surface area contributed by atoms with Crippen molar-refractivity contribution in [2.45, 2.75) is 19.1 Å². The van der Waals surface area contributed by atoms with Crippen LogP contribution in [-0.2, 0) is 6.18 Å². The SMILES string of the molecule is CC(Nc1ccc(C(F)(F)F)cc1[N+](=O)[O-])c1nn[nH]n1. The van der Waals surface area contributed by atoms with Gasteiger partial charge in [0.25, 0.3) is 5.69 Å². The lowest BCUT2D eigenvalue weighted by atomic mass is 10.1.